The van der Waals surface area contributed by atoms with Gasteiger partial charge in [0.15, 0.2) is 0 Å². The van der Waals surface area contributed by atoms with Gasteiger partial charge >= 0.3 is 0 Å². The summed E-state index contributed by atoms with van der Waals surface area (Å²) in [6.07, 6.45) is 52.0. The summed E-state index contributed by atoms with van der Waals surface area (Å²) in [5, 5.41) is 0. The first-order chi connectivity index (χ1) is 22.6. The Bertz CT molecular complexity index is 490. The fraction of sp³-hybridized carbons (Fsp3) is 1.00. The van der Waals surface area contributed by atoms with E-state index in [1.165, 1.54) is 247 Å². The van der Waals surface area contributed by atoms with E-state index in [1.54, 1.807) is 0 Å². The molecule has 0 rings (SSSR count). The summed E-state index contributed by atoms with van der Waals surface area (Å²) in [6, 6.07) is 0. The minimum atomic E-state index is 0.535. The molecule has 1 nitrogen and oxygen atoms in total. The fourth-order valence-electron chi connectivity index (χ4n) is 6.56. The van der Waals surface area contributed by atoms with Gasteiger partial charge in [-0.2, -0.15) is 0 Å². The molecule has 0 aromatic carbocycles. The molecule has 0 aliphatic rings. The van der Waals surface area contributed by atoms with Gasteiger partial charge in [-0.3, -0.25) is 0 Å². The molecule has 1 atom stereocenters. The van der Waals surface area contributed by atoms with Crippen molar-refractivity contribution in [1.29, 1.82) is 0 Å². The third-order valence-electron chi connectivity index (χ3n) is 9.61. The molecule has 0 bridgehead atoms. The highest BCUT2D eigenvalue weighted by atomic mass is 27.0. The number of ether oxygens (including phenoxy) is 1. The van der Waals surface area contributed by atoms with E-state index in [0.29, 0.717) is 6.10 Å². The zero-order valence-corrected chi connectivity index (χ0v) is 35.7. The van der Waals surface area contributed by atoms with Gasteiger partial charge in [0, 0.05) is 6.61 Å². The second-order valence-electron chi connectivity index (χ2n) is 15.8. The van der Waals surface area contributed by atoms with E-state index >= 15 is 0 Å². The van der Waals surface area contributed by atoms with Crippen LogP contribution in [0, 0.1) is 0 Å². The SMILES string of the molecule is CCCCCCCCCCCCCCCCCCOC(CCCC)CCCCCCCCCCCCCCCCCC.C[CH](C)[AlH2]. The molecule has 0 aliphatic heterocycles. The lowest BCUT2D eigenvalue weighted by atomic mass is 10.0. The van der Waals surface area contributed by atoms with E-state index in [1.807, 2.05) is 0 Å². The summed E-state index contributed by atoms with van der Waals surface area (Å²) in [5.41, 5.74) is 0. The third-order valence-corrected chi connectivity index (χ3v) is 9.61. The van der Waals surface area contributed by atoms with Crippen LogP contribution < -0.4 is 0 Å². The van der Waals surface area contributed by atoms with Gasteiger partial charge in [-0.25, -0.2) is 0 Å². The van der Waals surface area contributed by atoms with E-state index < -0.39 is 0 Å². The Morgan fingerprint density at radius 2 is 0.543 bits per heavy atom. The van der Waals surface area contributed by atoms with Crippen LogP contribution in [0.1, 0.15) is 266 Å². The summed E-state index contributed by atoms with van der Waals surface area (Å²) in [4.78, 5) is 0. The van der Waals surface area contributed by atoms with E-state index in [4.69, 9.17) is 4.74 Å². The molecule has 0 aliphatic carbocycles. The summed E-state index contributed by atoms with van der Waals surface area (Å²) in [6.45, 7) is 12.4. The number of hydrogen-bond acceptors (Lipinski definition) is 1. The van der Waals surface area contributed by atoms with Crippen molar-refractivity contribution < 1.29 is 4.74 Å². The van der Waals surface area contributed by atoms with Gasteiger partial charge in [0.25, 0.3) is 0 Å². The molecule has 0 fully saturated rings. The summed E-state index contributed by atoms with van der Waals surface area (Å²) < 4.78 is 7.36. The van der Waals surface area contributed by atoms with Gasteiger partial charge in [0.1, 0.15) is 0 Å². The predicted molar refractivity (Wildman–Crippen MR) is 217 cm³/mol. The fourth-order valence-corrected chi connectivity index (χ4v) is 6.56. The van der Waals surface area contributed by atoms with Gasteiger partial charge in [0.05, 0.1) is 6.10 Å². The Morgan fingerprint density at radius 1 is 0.326 bits per heavy atom. The van der Waals surface area contributed by atoms with Crippen molar-refractivity contribution >= 4 is 16.3 Å². The molecule has 0 heterocycles. The summed E-state index contributed by atoms with van der Waals surface area (Å²) in [5.74, 6) is 0. The molecule has 0 aromatic rings. The molecule has 278 valence electrons. The van der Waals surface area contributed by atoms with Crippen LogP contribution in [-0.4, -0.2) is 29.0 Å². The molecule has 0 N–H and O–H groups in total. The molecular formula is C44H93AlO. The molecular weight excluding hydrogens is 571 g/mol. The van der Waals surface area contributed by atoms with Crippen molar-refractivity contribution in [3.8, 4) is 0 Å². The van der Waals surface area contributed by atoms with Crippen molar-refractivity contribution in [3.05, 3.63) is 0 Å². The van der Waals surface area contributed by atoms with Gasteiger partial charge in [-0.15, -0.1) is 0 Å². The molecule has 2 heteroatoms. The van der Waals surface area contributed by atoms with Gasteiger partial charge in [-0.1, -0.05) is 251 Å². The normalized spacial score (nSPS) is 12.0. The van der Waals surface area contributed by atoms with Gasteiger partial charge in [0.2, 0.25) is 16.3 Å². The standard InChI is InChI=1S/C41H84O.C3H7.Al.2H/c1-4-7-10-12-14-16-18-20-22-24-26-28-30-32-34-36-39-41(38-9-6-3)42-40-37-35-33-31-29-27-25-23-21-19-17-15-13-11-8-5-2;1-3-2;;;/h41H,4-40H2,1-3H3;3H,1-2H3;;;. The molecule has 0 spiro atoms. The van der Waals surface area contributed by atoms with Crippen LogP contribution in [0.25, 0.3) is 0 Å². The summed E-state index contributed by atoms with van der Waals surface area (Å²) in [7, 11) is 0. The Labute approximate surface area is 303 Å². The van der Waals surface area contributed by atoms with Crippen LogP contribution in [0.4, 0.5) is 0 Å². The molecule has 0 saturated heterocycles. The predicted octanol–water partition coefficient (Wildman–Crippen LogP) is 15.9. The maximum absolute atomic E-state index is 6.39. The highest BCUT2D eigenvalue weighted by molar-refractivity contribution is 6.10. The van der Waals surface area contributed by atoms with Gasteiger partial charge < -0.3 is 4.74 Å². The number of rotatable bonds is 38. The van der Waals surface area contributed by atoms with Crippen LogP contribution >= 0.6 is 0 Å². The average molecular weight is 665 g/mol. The lowest BCUT2D eigenvalue weighted by molar-refractivity contribution is 0.0360. The van der Waals surface area contributed by atoms with Crippen molar-refractivity contribution in [2.24, 2.45) is 0 Å². The lowest BCUT2D eigenvalue weighted by Crippen LogP contribution is -2.14. The molecule has 0 aromatic heterocycles. The number of hydrogen-bond donors (Lipinski definition) is 0. The Kier molecular flexibility index (Phi) is 48.1. The van der Waals surface area contributed by atoms with Crippen molar-refractivity contribution in [2.75, 3.05) is 6.61 Å². The van der Waals surface area contributed by atoms with E-state index in [-0.39, 0.29) is 0 Å². The zero-order valence-electron chi connectivity index (χ0n) is 33.7. The maximum atomic E-state index is 6.39. The van der Waals surface area contributed by atoms with Crippen LogP contribution in [-0.2, 0) is 4.74 Å². The largest absolute Gasteiger partial charge is 0.378 e. The van der Waals surface area contributed by atoms with E-state index in [2.05, 4.69) is 34.6 Å². The maximum Gasteiger partial charge on any atom is 0.215 e. The Morgan fingerprint density at radius 3 is 0.826 bits per heavy atom. The van der Waals surface area contributed by atoms with Crippen molar-refractivity contribution in [1.82, 2.24) is 0 Å². The van der Waals surface area contributed by atoms with Crippen molar-refractivity contribution in [2.45, 2.75) is 277 Å². The van der Waals surface area contributed by atoms with Crippen LogP contribution in [0.15, 0.2) is 0 Å². The van der Waals surface area contributed by atoms with Crippen molar-refractivity contribution in [3.63, 3.8) is 0 Å². The van der Waals surface area contributed by atoms with E-state index in [0.717, 1.165) is 11.4 Å². The average Bonchev–Trinajstić information content (AvgIpc) is 3.04. The molecule has 1 unspecified atom stereocenters. The lowest BCUT2D eigenvalue weighted by Gasteiger charge is -2.18. The molecule has 46 heavy (non-hydrogen) atoms. The van der Waals surface area contributed by atoms with Crippen LogP contribution in [0.5, 0.6) is 0 Å². The van der Waals surface area contributed by atoms with Gasteiger partial charge in [-0.05, 0) is 19.3 Å². The minimum absolute atomic E-state index is 0.535. The Hall–Kier alpha value is 0.492. The zero-order chi connectivity index (χ0) is 34.0. The first-order valence-electron chi connectivity index (χ1n) is 22.2. The smallest absolute Gasteiger partial charge is 0.215 e. The first kappa shape index (κ1) is 48.6. The Balaban J connectivity index is 0. The van der Waals surface area contributed by atoms with Crippen LogP contribution in [0.2, 0.25) is 4.78 Å². The topological polar surface area (TPSA) is 9.23 Å². The molecule has 0 saturated carbocycles. The van der Waals surface area contributed by atoms with Crippen LogP contribution in [0.3, 0.4) is 0 Å². The highest BCUT2D eigenvalue weighted by Crippen LogP contribution is 2.18. The number of unbranched alkanes of at least 4 members (excludes halogenated alkanes) is 31. The first-order valence-corrected chi connectivity index (χ1v) is 23.3. The molecule has 0 radical (unpaired) electrons. The third kappa shape index (κ3) is 48.9. The highest BCUT2D eigenvalue weighted by Gasteiger charge is 2.08. The minimum Gasteiger partial charge on any atom is -0.378 e. The second-order valence-corrected chi connectivity index (χ2v) is 18.1. The monoisotopic (exact) mass is 665 g/mol. The quantitative estimate of drug-likeness (QED) is 0.0471. The van der Waals surface area contributed by atoms with E-state index in [9.17, 15) is 0 Å². The second kappa shape index (κ2) is 45.5. The summed E-state index contributed by atoms with van der Waals surface area (Å²) >= 11 is 1.35. The molecule has 0 amide bonds.